The second kappa shape index (κ2) is 6.97. The van der Waals surface area contributed by atoms with Crippen LogP contribution >= 0.6 is 0 Å². The van der Waals surface area contributed by atoms with Crippen LogP contribution in [0.5, 0.6) is 0 Å². The van der Waals surface area contributed by atoms with E-state index in [1.54, 1.807) is 0 Å². The number of rotatable bonds is 5. The summed E-state index contributed by atoms with van der Waals surface area (Å²) in [4.78, 5) is 16.1. The van der Waals surface area contributed by atoms with Gasteiger partial charge in [-0.3, -0.25) is 4.79 Å². The van der Waals surface area contributed by atoms with Crippen molar-refractivity contribution in [2.75, 3.05) is 40.3 Å². The normalized spacial score (nSPS) is 20.9. The maximum absolute atomic E-state index is 12.1. The fourth-order valence-electron chi connectivity index (χ4n) is 2.32. The van der Waals surface area contributed by atoms with Crippen molar-refractivity contribution in [2.24, 2.45) is 5.92 Å². The molecule has 4 heteroatoms. The van der Waals surface area contributed by atoms with Gasteiger partial charge < -0.3 is 15.1 Å². The molecule has 1 unspecified atom stereocenters. The molecule has 100 valence electrons. The zero-order chi connectivity index (χ0) is 12.8. The summed E-state index contributed by atoms with van der Waals surface area (Å²) in [6, 6.07) is 0.296. The zero-order valence-electron chi connectivity index (χ0n) is 11.7. The first kappa shape index (κ1) is 14.5. The molecular weight excluding hydrogens is 214 g/mol. The number of hydrogen-bond acceptors (Lipinski definition) is 3. The molecule has 0 aromatic carbocycles. The Morgan fingerprint density at radius 1 is 1.41 bits per heavy atom. The summed E-state index contributed by atoms with van der Waals surface area (Å²) in [7, 11) is 3.89. The Kier molecular flexibility index (Phi) is 5.92. The number of likely N-dealkylation sites (N-methyl/N-ethyl adjacent to an activating group) is 1. The standard InChI is InChI=1S/C13H27N3O/c1-11(2)16(13(17)10-15(3)4)9-12-6-5-7-14-8-12/h11-12,14H,5-10H2,1-4H3. The summed E-state index contributed by atoms with van der Waals surface area (Å²) in [5, 5.41) is 3.41. The second-order valence-corrected chi connectivity index (χ2v) is 5.59. The molecule has 1 aliphatic rings. The largest absolute Gasteiger partial charge is 0.339 e. The molecule has 1 fully saturated rings. The second-order valence-electron chi connectivity index (χ2n) is 5.59. The first-order valence-electron chi connectivity index (χ1n) is 6.65. The predicted octanol–water partition coefficient (Wildman–Crippen LogP) is 0.785. The molecule has 1 N–H and O–H groups in total. The predicted molar refractivity (Wildman–Crippen MR) is 71.0 cm³/mol. The highest BCUT2D eigenvalue weighted by molar-refractivity contribution is 5.78. The molecule has 0 saturated carbocycles. The van der Waals surface area contributed by atoms with Gasteiger partial charge in [0, 0.05) is 12.6 Å². The summed E-state index contributed by atoms with van der Waals surface area (Å²) < 4.78 is 0. The highest BCUT2D eigenvalue weighted by Crippen LogP contribution is 2.13. The van der Waals surface area contributed by atoms with Crippen LogP contribution in [-0.2, 0) is 4.79 Å². The van der Waals surface area contributed by atoms with Gasteiger partial charge in [-0.05, 0) is 59.8 Å². The third-order valence-electron chi connectivity index (χ3n) is 3.25. The van der Waals surface area contributed by atoms with E-state index < -0.39 is 0 Å². The van der Waals surface area contributed by atoms with Crippen LogP contribution in [0.1, 0.15) is 26.7 Å². The smallest absolute Gasteiger partial charge is 0.236 e. The van der Waals surface area contributed by atoms with E-state index in [0.717, 1.165) is 19.6 Å². The molecule has 1 saturated heterocycles. The van der Waals surface area contributed by atoms with Crippen LogP contribution in [0.2, 0.25) is 0 Å². The van der Waals surface area contributed by atoms with Crippen LogP contribution in [-0.4, -0.2) is 62.0 Å². The molecule has 0 aromatic rings. The zero-order valence-corrected chi connectivity index (χ0v) is 11.7. The Morgan fingerprint density at radius 2 is 2.12 bits per heavy atom. The van der Waals surface area contributed by atoms with Crippen molar-refractivity contribution in [3.05, 3.63) is 0 Å². The molecule has 1 aliphatic heterocycles. The van der Waals surface area contributed by atoms with E-state index in [1.165, 1.54) is 12.8 Å². The van der Waals surface area contributed by atoms with Crippen LogP contribution in [0.25, 0.3) is 0 Å². The Morgan fingerprint density at radius 3 is 2.59 bits per heavy atom. The van der Waals surface area contributed by atoms with E-state index in [-0.39, 0.29) is 5.91 Å². The van der Waals surface area contributed by atoms with Gasteiger partial charge in [0.2, 0.25) is 5.91 Å². The molecule has 1 heterocycles. The van der Waals surface area contributed by atoms with Gasteiger partial charge in [-0.2, -0.15) is 0 Å². The average molecular weight is 241 g/mol. The van der Waals surface area contributed by atoms with Gasteiger partial charge in [0.1, 0.15) is 0 Å². The fraction of sp³-hybridized carbons (Fsp3) is 0.923. The number of nitrogens with one attached hydrogen (secondary N) is 1. The number of hydrogen-bond donors (Lipinski definition) is 1. The van der Waals surface area contributed by atoms with Crippen LogP contribution in [0.3, 0.4) is 0 Å². The van der Waals surface area contributed by atoms with E-state index in [2.05, 4.69) is 19.2 Å². The van der Waals surface area contributed by atoms with Gasteiger partial charge in [0.25, 0.3) is 0 Å². The molecule has 0 aliphatic carbocycles. The molecule has 0 spiro atoms. The van der Waals surface area contributed by atoms with Crippen molar-refractivity contribution in [2.45, 2.75) is 32.7 Å². The Balaban J connectivity index is 2.49. The number of carbonyl (C=O) groups excluding carboxylic acids is 1. The van der Waals surface area contributed by atoms with E-state index in [1.807, 2.05) is 23.9 Å². The summed E-state index contributed by atoms with van der Waals surface area (Å²) in [5.41, 5.74) is 0. The number of carbonyl (C=O) groups is 1. The molecule has 17 heavy (non-hydrogen) atoms. The average Bonchev–Trinajstić information content (AvgIpc) is 2.25. The lowest BCUT2D eigenvalue weighted by Crippen LogP contribution is -2.47. The summed E-state index contributed by atoms with van der Waals surface area (Å²) in [6.45, 7) is 7.80. The third-order valence-corrected chi connectivity index (χ3v) is 3.25. The van der Waals surface area contributed by atoms with Crippen LogP contribution in [0.15, 0.2) is 0 Å². The van der Waals surface area contributed by atoms with Crippen molar-refractivity contribution in [3.8, 4) is 0 Å². The quantitative estimate of drug-likeness (QED) is 0.773. The monoisotopic (exact) mass is 241 g/mol. The minimum absolute atomic E-state index is 0.246. The van der Waals surface area contributed by atoms with Crippen molar-refractivity contribution in [1.82, 2.24) is 15.1 Å². The lowest BCUT2D eigenvalue weighted by atomic mass is 9.98. The first-order chi connectivity index (χ1) is 8.00. The lowest BCUT2D eigenvalue weighted by molar-refractivity contribution is -0.134. The molecule has 0 bridgehead atoms. The van der Waals surface area contributed by atoms with E-state index in [4.69, 9.17) is 0 Å². The summed E-state index contributed by atoms with van der Waals surface area (Å²) in [5.74, 6) is 0.868. The number of amides is 1. The minimum Gasteiger partial charge on any atom is -0.339 e. The molecule has 1 atom stereocenters. The van der Waals surface area contributed by atoms with Crippen LogP contribution in [0, 0.1) is 5.92 Å². The third kappa shape index (κ3) is 5.04. The maximum atomic E-state index is 12.1. The SMILES string of the molecule is CC(C)N(CC1CCCNC1)C(=O)CN(C)C. The lowest BCUT2D eigenvalue weighted by Gasteiger charge is -2.33. The number of nitrogens with zero attached hydrogens (tertiary/aromatic N) is 2. The Hall–Kier alpha value is -0.610. The maximum Gasteiger partial charge on any atom is 0.236 e. The van der Waals surface area contributed by atoms with E-state index in [9.17, 15) is 4.79 Å². The highest BCUT2D eigenvalue weighted by Gasteiger charge is 2.22. The van der Waals surface area contributed by atoms with Crippen LogP contribution in [0.4, 0.5) is 0 Å². The van der Waals surface area contributed by atoms with Gasteiger partial charge in [0.15, 0.2) is 0 Å². The van der Waals surface area contributed by atoms with Gasteiger partial charge in [-0.1, -0.05) is 0 Å². The van der Waals surface area contributed by atoms with Gasteiger partial charge in [-0.15, -0.1) is 0 Å². The topological polar surface area (TPSA) is 35.6 Å². The van der Waals surface area contributed by atoms with Gasteiger partial charge in [0.05, 0.1) is 6.54 Å². The Bertz CT molecular complexity index is 235. The molecular formula is C13H27N3O. The van der Waals surface area contributed by atoms with Crippen molar-refractivity contribution < 1.29 is 4.79 Å². The minimum atomic E-state index is 0.246. The van der Waals surface area contributed by atoms with Crippen molar-refractivity contribution >= 4 is 5.91 Å². The van der Waals surface area contributed by atoms with Gasteiger partial charge in [-0.25, -0.2) is 0 Å². The molecule has 0 aromatic heterocycles. The summed E-state index contributed by atoms with van der Waals surface area (Å²) in [6.07, 6.45) is 2.48. The number of piperidine rings is 1. The van der Waals surface area contributed by atoms with Crippen molar-refractivity contribution in [1.29, 1.82) is 0 Å². The van der Waals surface area contributed by atoms with Crippen LogP contribution < -0.4 is 5.32 Å². The fourth-order valence-corrected chi connectivity index (χ4v) is 2.32. The molecule has 1 amide bonds. The van der Waals surface area contributed by atoms with Crippen molar-refractivity contribution in [3.63, 3.8) is 0 Å². The Labute approximate surface area is 105 Å². The molecule has 4 nitrogen and oxygen atoms in total. The highest BCUT2D eigenvalue weighted by atomic mass is 16.2. The molecule has 0 radical (unpaired) electrons. The molecule has 1 rings (SSSR count). The van der Waals surface area contributed by atoms with Gasteiger partial charge >= 0.3 is 0 Å². The van der Waals surface area contributed by atoms with E-state index in [0.29, 0.717) is 18.5 Å². The first-order valence-corrected chi connectivity index (χ1v) is 6.65. The summed E-state index contributed by atoms with van der Waals surface area (Å²) >= 11 is 0. The van der Waals surface area contributed by atoms with E-state index >= 15 is 0 Å².